The van der Waals surface area contributed by atoms with E-state index in [0.717, 1.165) is 0 Å². The Morgan fingerprint density at radius 2 is 2.11 bits per heavy atom. The zero-order chi connectivity index (χ0) is 13.2. The molecule has 0 radical (unpaired) electrons. The van der Waals surface area contributed by atoms with E-state index >= 15 is 0 Å². The monoisotopic (exact) mass is 262 g/mol. The second-order valence-corrected chi connectivity index (χ2v) is 3.91. The number of hydrogen-bond acceptors (Lipinski definition) is 5. The lowest BCUT2D eigenvalue weighted by molar-refractivity contribution is 0.0696. The number of hydrogen-bond donors (Lipinski definition) is 1. The van der Waals surface area contributed by atoms with Crippen molar-refractivity contribution < 1.29 is 28.5 Å². The van der Waals surface area contributed by atoms with Crippen LogP contribution >= 0.6 is 0 Å². The van der Waals surface area contributed by atoms with Gasteiger partial charge in [-0.25, -0.2) is 4.79 Å². The van der Waals surface area contributed by atoms with Gasteiger partial charge in [0.15, 0.2) is 11.5 Å². The Kier molecular flexibility index (Phi) is 2.75. The molecule has 0 amide bonds. The molecular weight excluding hydrogens is 252 g/mol. The Balaban J connectivity index is 1.67. The summed E-state index contributed by atoms with van der Waals surface area (Å²) >= 11 is 0. The standard InChI is InChI=1S/C13H10O6/c14-13(15)8-3-10(16-5-8)6-17-9-1-2-11-12(4-9)19-7-18-11/h1-5H,6-7H2,(H,14,15). The van der Waals surface area contributed by atoms with Gasteiger partial charge in [0.2, 0.25) is 6.79 Å². The van der Waals surface area contributed by atoms with Gasteiger partial charge in [0.25, 0.3) is 0 Å². The number of rotatable bonds is 4. The van der Waals surface area contributed by atoms with Crippen LogP contribution in [0.5, 0.6) is 17.2 Å². The summed E-state index contributed by atoms with van der Waals surface area (Å²) in [6.45, 7) is 0.353. The van der Waals surface area contributed by atoms with Crippen LogP contribution in [0.15, 0.2) is 34.9 Å². The minimum Gasteiger partial charge on any atom is -0.486 e. The molecule has 6 heteroatoms. The number of fused-ring (bicyclic) bond motifs is 1. The minimum atomic E-state index is -1.03. The molecule has 1 aromatic carbocycles. The lowest BCUT2D eigenvalue weighted by atomic mass is 10.3. The highest BCUT2D eigenvalue weighted by Gasteiger charge is 2.14. The van der Waals surface area contributed by atoms with E-state index in [1.54, 1.807) is 18.2 Å². The van der Waals surface area contributed by atoms with Crippen LogP contribution in [0.25, 0.3) is 0 Å². The molecule has 0 spiro atoms. The van der Waals surface area contributed by atoms with Crippen LogP contribution in [-0.4, -0.2) is 17.9 Å². The highest BCUT2D eigenvalue weighted by atomic mass is 16.7. The van der Waals surface area contributed by atoms with Crippen LogP contribution in [0.4, 0.5) is 0 Å². The molecule has 1 aliphatic heterocycles. The summed E-state index contributed by atoms with van der Waals surface area (Å²) in [7, 11) is 0. The average Bonchev–Trinajstić information content (AvgIpc) is 3.04. The first kappa shape index (κ1) is 11.5. The van der Waals surface area contributed by atoms with Crippen molar-refractivity contribution in [3.63, 3.8) is 0 Å². The third-order valence-corrected chi connectivity index (χ3v) is 2.63. The van der Waals surface area contributed by atoms with Gasteiger partial charge in [-0.05, 0) is 18.2 Å². The van der Waals surface area contributed by atoms with Crippen LogP contribution in [0, 0.1) is 0 Å². The second-order valence-electron chi connectivity index (χ2n) is 3.91. The van der Waals surface area contributed by atoms with Crippen molar-refractivity contribution in [3.05, 3.63) is 41.9 Å². The fourth-order valence-electron chi connectivity index (χ4n) is 1.69. The number of carboxylic acid groups (broad SMARTS) is 1. The van der Waals surface area contributed by atoms with E-state index in [1.165, 1.54) is 12.3 Å². The van der Waals surface area contributed by atoms with Gasteiger partial charge in [0, 0.05) is 6.07 Å². The van der Waals surface area contributed by atoms with Gasteiger partial charge in [-0.3, -0.25) is 0 Å². The third kappa shape index (κ3) is 2.33. The molecule has 0 atom stereocenters. The zero-order valence-electron chi connectivity index (χ0n) is 9.79. The van der Waals surface area contributed by atoms with Gasteiger partial charge in [-0.2, -0.15) is 0 Å². The molecule has 2 heterocycles. The maximum atomic E-state index is 10.7. The maximum Gasteiger partial charge on any atom is 0.338 e. The number of aromatic carboxylic acids is 1. The summed E-state index contributed by atoms with van der Waals surface area (Å²) in [5.74, 6) is 1.31. The summed E-state index contributed by atoms with van der Waals surface area (Å²) in [4.78, 5) is 10.7. The molecule has 0 saturated heterocycles. The quantitative estimate of drug-likeness (QED) is 0.910. The Labute approximate surface area is 108 Å². The normalized spacial score (nSPS) is 12.4. The number of benzene rings is 1. The molecule has 0 aliphatic carbocycles. The van der Waals surface area contributed by atoms with Crippen LogP contribution in [0.1, 0.15) is 16.1 Å². The van der Waals surface area contributed by atoms with Gasteiger partial charge in [0.05, 0.1) is 5.56 Å². The van der Waals surface area contributed by atoms with Gasteiger partial charge in [0.1, 0.15) is 24.4 Å². The second kappa shape index (κ2) is 4.56. The molecule has 1 N–H and O–H groups in total. The summed E-state index contributed by atoms with van der Waals surface area (Å²) < 4.78 is 21.0. The number of ether oxygens (including phenoxy) is 3. The Bertz CT molecular complexity index is 615. The number of carboxylic acids is 1. The number of carbonyl (C=O) groups is 1. The largest absolute Gasteiger partial charge is 0.486 e. The molecule has 98 valence electrons. The van der Waals surface area contributed by atoms with Crippen LogP contribution in [-0.2, 0) is 6.61 Å². The summed E-state index contributed by atoms with van der Waals surface area (Å²) in [5, 5.41) is 8.76. The molecule has 0 unspecified atom stereocenters. The first-order valence-electron chi connectivity index (χ1n) is 5.55. The third-order valence-electron chi connectivity index (χ3n) is 2.63. The Hall–Kier alpha value is -2.63. The molecule has 1 aliphatic rings. The van der Waals surface area contributed by atoms with Crippen LogP contribution in [0.2, 0.25) is 0 Å². The summed E-state index contributed by atoms with van der Waals surface area (Å²) in [6, 6.07) is 6.63. The highest BCUT2D eigenvalue weighted by Crippen LogP contribution is 2.35. The van der Waals surface area contributed by atoms with Gasteiger partial charge in [-0.1, -0.05) is 0 Å². The van der Waals surface area contributed by atoms with E-state index in [0.29, 0.717) is 23.0 Å². The molecule has 0 saturated carbocycles. The van der Waals surface area contributed by atoms with E-state index in [9.17, 15) is 4.79 Å². The maximum absolute atomic E-state index is 10.7. The van der Waals surface area contributed by atoms with E-state index in [4.69, 9.17) is 23.7 Å². The van der Waals surface area contributed by atoms with Crippen molar-refractivity contribution in [2.75, 3.05) is 6.79 Å². The van der Waals surface area contributed by atoms with Crippen LogP contribution < -0.4 is 14.2 Å². The molecule has 19 heavy (non-hydrogen) atoms. The Morgan fingerprint density at radius 1 is 1.26 bits per heavy atom. The van der Waals surface area contributed by atoms with E-state index in [2.05, 4.69) is 0 Å². The molecule has 0 fully saturated rings. The predicted octanol–water partition coefficient (Wildman–Crippen LogP) is 2.29. The highest BCUT2D eigenvalue weighted by molar-refractivity contribution is 5.87. The van der Waals surface area contributed by atoms with E-state index in [1.807, 2.05) is 0 Å². The lowest BCUT2D eigenvalue weighted by Crippen LogP contribution is -1.95. The molecule has 0 bridgehead atoms. The van der Waals surface area contributed by atoms with Crippen molar-refractivity contribution in [2.45, 2.75) is 6.61 Å². The topological polar surface area (TPSA) is 78.1 Å². The van der Waals surface area contributed by atoms with Crippen molar-refractivity contribution in [2.24, 2.45) is 0 Å². The van der Waals surface area contributed by atoms with Crippen LogP contribution in [0.3, 0.4) is 0 Å². The fourth-order valence-corrected chi connectivity index (χ4v) is 1.69. The van der Waals surface area contributed by atoms with E-state index in [-0.39, 0.29) is 19.0 Å². The van der Waals surface area contributed by atoms with Gasteiger partial charge in [-0.15, -0.1) is 0 Å². The minimum absolute atomic E-state index is 0.101. The first-order valence-corrected chi connectivity index (χ1v) is 5.55. The summed E-state index contributed by atoms with van der Waals surface area (Å²) in [6.07, 6.45) is 1.18. The summed E-state index contributed by atoms with van der Waals surface area (Å²) in [5.41, 5.74) is 0.101. The predicted molar refractivity (Wildman–Crippen MR) is 62.6 cm³/mol. The van der Waals surface area contributed by atoms with Crippen molar-refractivity contribution in [3.8, 4) is 17.2 Å². The number of furan rings is 1. The molecule has 2 aromatic rings. The SMILES string of the molecule is O=C(O)c1coc(COc2ccc3c(c2)OCO3)c1. The molecular formula is C13H10O6. The van der Waals surface area contributed by atoms with Crippen molar-refractivity contribution in [1.29, 1.82) is 0 Å². The lowest BCUT2D eigenvalue weighted by Gasteiger charge is -2.04. The smallest absolute Gasteiger partial charge is 0.338 e. The fraction of sp³-hybridized carbons (Fsp3) is 0.154. The average molecular weight is 262 g/mol. The first-order chi connectivity index (χ1) is 9.22. The molecule has 6 nitrogen and oxygen atoms in total. The molecule has 3 rings (SSSR count). The van der Waals surface area contributed by atoms with Gasteiger partial charge < -0.3 is 23.7 Å². The van der Waals surface area contributed by atoms with Crippen molar-refractivity contribution >= 4 is 5.97 Å². The van der Waals surface area contributed by atoms with E-state index < -0.39 is 5.97 Å². The van der Waals surface area contributed by atoms with Crippen molar-refractivity contribution in [1.82, 2.24) is 0 Å². The Morgan fingerprint density at radius 3 is 2.89 bits per heavy atom. The molecule has 1 aromatic heterocycles. The van der Waals surface area contributed by atoms with Gasteiger partial charge >= 0.3 is 5.97 Å². The zero-order valence-corrected chi connectivity index (χ0v) is 9.79.